The maximum atomic E-state index is 12.0. The Hall–Kier alpha value is -2.33. The predicted molar refractivity (Wildman–Crippen MR) is 103 cm³/mol. The van der Waals surface area contributed by atoms with Gasteiger partial charge in [0.05, 0.1) is 18.8 Å². The Morgan fingerprint density at radius 3 is 2.85 bits per heavy atom. The normalized spacial score (nSPS) is 18.7. The lowest BCUT2D eigenvalue weighted by Crippen LogP contribution is -2.39. The Morgan fingerprint density at radius 2 is 2.12 bits per heavy atom. The van der Waals surface area contributed by atoms with Crippen molar-refractivity contribution in [2.45, 2.75) is 26.2 Å². The van der Waals surface area contributed by atoms with Crippen molar-refractivity contribution in [1.82, 2.24) is 4.90 Å². The second kappa shape index (κ2) is 9.39. The maximum Gasteiger partial charge on any atom is 0.310 e. The van der Waals surface area contributed by atoms with Gasteiger partial charge in [-0.1, -0.05) is 36.4 Å². The molecule has 1 saturated heterocycles. The van der Waals surface area contributed by atoms with Crippen molar-refractivity contribution in [3.05, 3.63) is 66.1 Å². The zero-order valence-electron chi connectivity index (χ0n) is 15.4. The van der Waals surface area contributed by atoms with Gasteiger partial charge >= 0.3 is 5.97 Å². The molecular formula is C22H27NO3. The fraction of sp³-hybridized carbons (Fsp3) is 0.409. The Morgan fingerprint density at radius 1 is 1.27 bits per heavy atom. The number of benzene rings is 1. The van der Waals surface area contributed by atoms with Crippen LogP contribution in [0.2, 0.25) is 0 Å². The molecule has 1 aliphatic heterocycles. The van der Waals surface area contributed by atoms with Crippen molar-refractivity contribution >= 4 is 11.5 Å². The highest BCUT2D eigenvalue weighted by Gasteiger charge is 2.26. The number of piperidine rings is 1. The van der Waals surface area contributed by atoms with Gasteiger partial charge in [0.25, 0.3) is 0 Å². The molecule has 1 fully saturated rings. The van der Waals surface area contributed by atoms with Gasteiger partial charge in [-0.25, -0.2) is 0 Å². The van der Waals surface area contributed by atoms with E-state index in [2.05, 4.69) is 23.1 Å². The first-order valence-electron chi connectivity index (χ1n) is 9.46. The second-order valence-corrected chi connectivity index (χ2v) is 6.64. The smallest absolute Gasteiger partial charge is 0.310 e. The molecule has 1 aliphatic rings. The van der Waals surface area contributed by atoms with E-state index in [1.165, 1.54) is 0 Å². The van der Waals surface area contributed by atoms with Crippen LogP contribution in [0.25, 0.3) is 5.57 Å². The molecule has 2 heterocycles. The number of esters is 1. The molecule has 1 atom stereocenters. The molecule has 1 aromatic carbocycles. The van der Waals surface area contributed by atoms with Crippen LogP contribution in [-0.2, 0) is 9.53 Å². The molecule has 0 bridgehead atoms. The standard InChI is InChI=1S/C22H27NO3/c1-2-25-22(24)19-11-6-14-23(17-19)15-7-12-20(21-13-8-16-26-21)18-9-4-3-5-10-18/h3-5,8-10,12-13,16,19H,2,6-7,11,14-15,17H2,1H3/b20-12+. The lowest BCUT2D eigenvalue weighted by Gasteiger charge is -2.31. The van der Waals surface area contributed by atoms with Crippen molar-refractivity contribution in [2.24, 2.45) is 5.92 Å². The van der Waals surface area contributed by atoms with Crippen LogP contribution in [0, 0.1) is 5.92 Å². The van der Waals surface area contributed by atoms with Gasteiger partial charge in [-0.05, 0) is 50.4 Å². The van der Waals surface area contributed by atoms with Gasteiger partial charge in [-0.2, -0.15) is 0 Å². The molecule has 2 aromatic rings. The SMILES string of the molecule is CCOC(=O)C1CCCN(CC/C=C(\c2ccccc2)c2ccco2)C1. The lowest BCUT2D eigenvalue weighted by molar-refractivity contribution is -0.149. The predicted octanol–water partition coefficient (Wildman–Crippen LogP) is 4.38. The van der Waals surface area contributed by atoms with Gasteiger partial charge in [0.15, 0.2) is 0 Å². The van der Waals surface area contributed by atoms with E-state index in [1.807, 2.05) is 37.3 Å². The molecule has 4 heteroatoms. The Kier molecular flexibility index (Phi) is 6.67. The molecule has 1 aromatic heterocycles. The third-order valence-electron chi connectivity index (χ3n) is 4.79. The van der Waals surface area contributed by atoms with E-state index in [0.29, 0.717) is 6.61 Å². The van der Waals surface area contributed by atoms with Gasteiger partial charge in [0, 0.05) is 18.7 Å². The molecule has 1 unspecified atom stereocenters. The summed E-state index contributed by atoms with van der Waals surface area (Å²) < 4.78 is 10.8. The summed E-state index contributed by atoms with van der Waals surface area (Å²) in [6.45, 7) is 5.11. The second-order valence-electron chi connectivity index (χ2n) is 6.64. The summed E-state index contributed by atoms with van der Waals surface area (Å²) in [7, 11) is 0. The van der Waals surface area contributed by atoms with Crippen LogP contribution in [0.4, 0.5) is 0 Å². The number of furan rings is 1. The Balaban J connectivity index is 1.63. The molecule has 0 amide bonds. The van der Waals surface area contributed by atoms with Crippen LogP contribution in [0.1, 0.15) is 37.5 Å². The largest absolute Gasteiger partial charge is 0.466 e. The van der Waals surface area contributed by atoms with E-state index in [-0.39, 0.29) is 11.9 Å². The van der Waals surface area contributed by atoms with E-state index in [1.54, 1.807) is 6.26 Å². The summed E-state index contributed by atoms with van der Waals surface area (Å²) in [5.41, 5.74) is 2.28. The van der Waals surface area contributed by atoms with Gasteiger partial charge < -0.3 is 14.1 Å². The minimum absolute atomic E-state index is 0.0198. The highest BCUT2D eigenvalue weighted by Crippen LogP contribution is 2.25. The highest BCUT2D eigenvalue weighted by molar-refractivity contribution is 5.77. The van der Waals surface area contributed by atoms with Crippen LogP contribution in [0.5, 0.6) is 0 Å². The minimum atomic E-state index is -0.0479. The number of carbonyl (C=O) groups excluding carboxylic acids is 1. The van der Waals surface area contributed by atoms with Crippen molar-refractivity contribution in [3.8, 4) is 0 Å². The molecular weight excluding hydrogens is 326 g/mol. The molecule has 0 spiro atoms. The summed E-state index contributed by atoms with van der Waals surface area (Å²) in [4.78, 5) is 14.4. The number of rotatable bonds is 7. The lowest BCUT2D eigenvalue weighted by atomic mass is 9.97. The molecule has 26 heavy (non-hydrogen) atoms. The zero-order chi connectivity index (χ0) is 18.2. The van der Waals surface area contributed by atoms with Crippen LogP contribution in [0.3, 0.4) is 0 Å². The molecule has 0 N–H and O–H groups in total. The van der Waals surface area contributed by atoms with Crippen molar-refractivity contribution in [2.75, 3.05) is 26.2 Å². The molecule has 0 saturated carbocycles. The number of likely N-dealkylation sites (tertiary alicyclic amines) is 1. The van der Waals surface area contributed by atoms with Crippen molar-refractivity contribution in [3.63, 3.8) is 0 Å². The molecule has 138 valence electrons. The van der Waals surface area contributed by atoms with Crippen LogP contribution < -0.4 is 0 Å². The third kappa shape index (κ3) is 4.85. The van der Waals surface area contributed by atoms with Crippen LogP contribution in [-0.4, -0.2) is 37.1 Å². The first-order chi connectivity index (χ1) is 12.8. The van der Waals surface area contributed by atoms with Crippen molar-refractivity contribution < 1.29 is 13.9 Å². The molecule has 0 radical (unpaired) electrons. The van der Waals surface area contributed by atoms with E-state index < -0.39 is 0 Å². The fourth-order valence-electron chi connectivity index (χ4n) is 3.51. The number of hydrogen-bond donors (Lipinski definition) is 0. The monoisotopic (exact) mass is 353 g/mol. The quantitative estimate of drug-likeness (QED) is 0.693. The topological polar surface area (TPSA) is 42.7 Å². The van der Waals surface area contributed by atoms with E-state index in [9.17, 15) is 4.79 Å². The third-order valence-corrected chi connectivity index (χ3v) is 4.79. The molecule has 0 aliphatic carbocycles. The first-order valence-corrected chi connectivity index (χ1v) is 9.46. The maximum absolute atomic E-state index is 12.0. The van der Waals surface area contributed by atoms with E-state index in [4.69, 9.17) is 9.15 Å². The zero-order valence-corrected chi connectivity index (χ0v) is 15.4. The number of carbonyl (C=O) groups is 1. The highest BCUT2D eigenvalue weighted by atomic mass is 16.5. The minimum Gasteiger partial charge on any atom is -0.466 e. The van der Waals surface area contributed by atoms with Crippen LogP contribution >= 0.6 is 0 Å². The number of hydrogen-bond acceptors (Lipinski definition) is 4. The average Bonchev–Trinajstić information content (AvgIpc) is 3.21. The summed E-state index contributed by atoms with van der Waals surface area (Å²) in [6.07, 6.45) is 6.85. The summed E-state index contributed by atoms with van der Waals surface area (Å²) in [6, 6.07) is 14.2. The van der Waals surface area contributed by atoms with E-state index in [0.717, 1.165) is 55.8 Å². The van der Waals surface area contributed by atoms with Crippen molar-refractivity contribution in [1.29, 1.82) is 0 Å². The van der Waals surface area contributed by atoms with Crippen LogP contribution in [0.15, 0.2) is 59.2 Å². The van der Waals surface area contributed by atoms with Gasteiger partial charge in [-0.3, -0.25) is 4.79 Å². The summed E-state index contributed by atoms with van der Waals surface area (Å²) in [5.74, 6) is 0.860. The average molecular weight is 353 g/mol. The fourth-order valence-corrected chi connectivity index (χ4v) is 3.51. The van der Waals surface area contributed by atoms with Gasteiger partial charge in [0.1, 0.15) is 5.76 Å². The molecule has 4 nitrogen and oxygen atoms in total. The van der Waals surface area contributed by atoms with Gasteiger partial charge in [0.2, 0.25) is 0 Å². The summed E-state index contributed by atoms with van der Waals surface area (Å²) >= 11 is 0. The number of ether oxygens (including phenoxy) is 1. The van der Waals surface area contributed by atoms with Gasteiger partial charge in [-0.15, -0.1) is 0 Å². The van der Waals surface area contributed by atoms with E-state index >= 15 is 0 Å². The first kappa shape index (κ1) is 18.5. The molecule has 3 rings (SSSR count). The summed E-state index contributed by atoms with van der Waals surface area (Å²) in [5, 5.41) is 0. The Bertz CT molecular complexity index is 706. The Labute approximate surface area is 155 Å². The number of nitrogens with zero attached hydrogens (tertiary/aromatic N) is 1.